The molecule has 18 heavy (non-hydrogen) atoms. The zero-order valence-corrected chi connectivity index (χ0v) is 13.3. The molecule has 0 saturated heterocycles. The molecule has 0 bridgehead atoms. The first-order chi connectivity index (χ1) is 8.60. The number of unbranched alkanes of at least 4 members (excludes halogenated alkanes) is 1. The van der Waals surface area contributed by atoms with Crippen molar-refractivity contribution < 1.29 is 9.47 Å². The minimum Gasteiger partial charge on any atom is -0.379 e. The Morgan fingerprint density at radius 1 is 0.889 bits per heavy atom. The van der Waals surface area contributed by atoms with Gasteiger partial charge in [-0.1, -0.05) is 33.6 Å². The van der Waals surface area contributed by atoms with Crippen LogP contribution in [0.15, 0.2) is 0 Å². The van der Waals surface area contributed by atoms with Gasteiger partial charge in [0.1, 0.15) is 0 Å². The first-order valence-corrected chi connectivity index (χ1v) is 7.85. The molecule has 0 saturated carbocycles. The number of hydrogen-bond acceptors (Lipinski definition) is 2. The van der Waals surface area contributed by atoms with Crippen molar-refractivity contribution in [3.63, 3.8) is 0 Å². The SMILES string of the molecule is CCCCOC(CC)(CCC)CCCOC(C)C. The van der Waals surface area contributed by atoms with E-state index in [-0.39, 0.29) is 5.60 Å². The highest BCUT2D eigenvalue weighted by atomic mass is 16.5. The van der Waals surface area contributed by atoms with E-state index in [0.717, 1.165) is 32.5 Å². The van der Waals surface area contributed by atoms with Crippen molar-refractivity contribution in [2.24, 2.45) is 0 Å². The highest BCUT2D eigenvalue weighted by Gasteiger charge is 2.27. The second-order valence-corrected chi connectivity index (χ2v) is 5.51. The van der Waals surface area contributed by atoms with Crippen LogP contribution >= 0.6 is 0 Å². The van der Waals surface area contributed by atoms with Crippen LogP contribution in [0.1, 0.15) is 79.6 Å². The van der Waals surface area contributed by atoms with Gasteiger partial charge in [-0.15, -0.1) is 0 Å². The van der Waals surface area contributed by atoms with E-state index in [0.29, 0.717) is 6.10 Å². The molecule has 110 valence electrons. The Hall–Kier alpha value is -0.0800. The summed E-state index contributed by atoms with van der Waals surface area (Å²) < 4.78 is 11.8. The normalized spacial score (nSPS) is 15.0. The fourth-order valence-corrected chi connectivity index (χ4v) is 2.33. The lowest BCUT2D eigenvalue weighted by Gasteiger charge is -2.33. The van der Waals surface area contributed by atoms with Gasteiger partial charge in [-0.3, -0.25) is 0 Å². The minimum atomic E-state index is 0.101. The van der Waals surface area contributed by atoms with Crippen molar-refractivity contribution >= 4 is 0 Å². The van der Waals surface area contributed by atoms with Gasteiger partial charge in [-0.2, -0.15) is 0 Å². The van der Waals surface area contributed by atoms with Crippen LogP contribution in [0.2, 0.25) is 0 Å². The van der Waals surface area contributed by atoms with Crippen LogP contribution in [0.25, 0.3) is 0 Å². The molecule has 1 unspecified atom stereocenters. The Labute approximate surface area is 114 Å². The molecule has 0 rings (SSSR count). The standard InChI is InChI=1S/C16H34O2/c1-6-9-14-18-16(8-3,11-7-2)12-10-13-17-15(4)5/h15H,6-14H2,1-5H3. The zero-order chi connectivity index (χ0) is 13.9. The van der Waals surface area contributed by atoms with E-state index in [1.54, 1.807) is 0 Å². The number of rotatable bonds is 12. The third-order valence-electron chi connectivity index (χ3n) is 3.48. The van der Waals surface area contributed by atoms with E-state index in [9.17, 15) is 0 Å². The van der Waals surface area contributed by atoms with Gasteiger partial charge in [0.05, 0.1) is 11.7 Å². The van der Waals surface area contributed by atoms with Crippen molar-refractivity contribution in [1.82, 2.24) is 0 Å². The topological polar surface area (TPSA) is 18.5 Å². The van der Waals surface area contributed by atoms with Crippen LogP contribution in [0.3, 0.4) is 0 Å². The summed E-state index contributed by atoms with van der Waals surface area (Å²) in [6.45, 7) is 12.7. The summed E-state index contributed by atoms with van der Waals surface area (Å²) >= 11 is 0. The van der Waals surface area contributed by atoms with Crippen LogP contribution in [-0.4, -0.2) is 24.9 Å². The summed E-state index contributed by atoms with van der Waals surface area (Å²) in [5.74, 6) is 0. The third-order valence-corrected chi connectivity index (χ3v) is 3.48. The van der Waals surface area contributed by atoms with Crippen molar-refractivity contribution in [2.75, 3.05) is 13.2 Å². The Morgan fingerprint density at radius 3 is 2.11 bits per heavy atom. The smallest absolute Gasteiger partial charge is 0.0680 e. The fraction of sp³-hybridized carbons (Fsp3) is 1.00. The molecule has 0 fully saturated rings. The van der Waals surface area contributed by atoms with E-state index >= 15 is 0 Å². The summed E-state index contributed by atoms with van der Waals surface area (Å²) in [7, 11) is 0. The van der Waals surface area contributed by atoms with Crippen molar-refractivity contribution in [2.45, 2.75) is 91.3 Å². The third kappa shape index (κ3) is 8.10. The predicted octanol–water partition coefficient (Wildman–Crippen LogP) is 4.96. The Bertz CT molecular complexity index is 180. The maximum Gasteiger partial charge on any atom is 0.0680 e. The molecule has 1 atom stereocenters. The first kappa shape index (κ1) is 17.9. The quantitative estimate of drug-likeness (QED) is 0.461. The molecule has 2 heteroatoms. The molecular formula is C16H34O2. The lowest BCUT2D eigenvalue weighted by molar-refractivity contribution is -0.0678. The van der Waals surface area contributed by atoms with Crippen LogP contribution in [0.4, 0.5) is 0 Å². The monoisotopic (exact) mass is 258 g/mol. The Morgan fingerprint density at radius 2 is 1.61 bits per heavy atom. The molecule has 0 aliphatic carbocycles. The molecule has 0 radical (unpaired) electrons. The average molecular weight is 258 g/mol. The second-order valence-electron chi connectivity index (χ2n) is 5.51. The van der Waals surface area contributed by atoms with Crippen LogP contribution in [0.5, 0.6) is 0 Å². The van der Waals surface area contributed by atoms with Crippen molar-refractivity contribution in [3.05, 3.63) is 0 Å². The van der Waals surface area contributed by atoms with Gasteiger partial charge in [0.15, 0.2) is 0 Å². The van der Waals surface area contributed by atoms with Gasteiger partial charge in [0.25, 0.3) is 0 Å². The minimum absolute atomic E-state index is 0.101. The van der Waals surface area contributed by atoms with E-state index in [2.05, 4.69) is 34.6 Å². The molecule has 0 aromatic carbocycles. The lowest BCUT2D eigenvalue weighted by atomic mass is 9.89. The van der Waals surface area contributed by atoms with Gasteiger partial charge in [-0.25, -0.2) is 0 Å². The van der Waals surface area contributed by atoms with Gasteiger partial charge < -0.3 is 9.47 Å². The zero-order valence-electron chi connectivity index (χ0n) is 13.3. The van der Waals surface area contributed by atoms with Crippen LogP contribution < -0.4 is 0 Å². The van der Waals surface area contributed by atoms with Crippen LogP contribution in [0, 0.1) is 0 Å². The summed E-state index contributed by atoms with van der Waals surface area (Å²) in [5.41, 5.74) is 0.101. The average Bonchev–Trinajstić information content (AvgIpc) is 2.34. The highest BCUT2D eigenvalue weighted by molar-refractivity contribution is 4.79. The summed E-state index contributed by atoms with van der Waals surface area (Å²) in [6.07, 6.45) is 8.46. The summed E-state index contributed by atoms with van der Waals surface area (Å²) in [5, 5.41) is 0. The second kappa shape index (κ2) is 10.8. The van der Waals surface area contributed by atoms with Gasteiger partial charge in [-0.05, 0) is 46.0 Å². The maximum absolute atomic E-state index is 6.21. The molecule has 0 aliphatic rings. The Kier molecular flexibility index (Phi) is 10.8. The molecule has 0 spiro atoms. The lowest BCUT2D eigenvalue weighted by Crippen LogP contribution is -2.32. The van der Waals surface area contributed by atoms with Gasteiger partial charge in [0.2, 0.25) is 0 Å². The summed E-state index contributed by atoms with van der Waals surface area (Å²) in [6, 6.07) is 0. The van der Waals surface area contributed by atoms with E-state index in [1.165, 1.54) is 25.7 Å². The van der Waals surface area contributed by atoms with Gasteiger partial charge in [0, 0.05) is 13.2 Å². The highest BCUT2D eigenvalue weighted by Crippen LogP contribution is 2.28. The number of ether oxygens (including phenoxy) is 2. The predicted molar refractivity (Wildman–Crippen MR) is 79.1 cm³/mol. The van der Waals surface area contributed by atoms with Crippen LogP contribution in [-0.2, 0) is 9.47 Å². The van der Waals surface area contributed by atoms with E-state index in [4.69, 9.17) is 9.47 Å². The molecule has 0 aromatic rings. The van der Waals surface area contributed by atoms with Crippen molar-refractivity contribution in [1.29, 1.82) is 0 Å². The van der Waals surface area contributed by atoms with Crippen molar-refractivity contribution in [3.8, 4) is 0 Å². The molecule has 2 nitrogen and oxygen atoms in total. The molecular weight excluding hydrogens is 224 g/mol. The Balaban J connectivity index is 4.09. The number of hydrogen-bond donors (Lipinski definition) is 0. The van der Waals surface area contributed by atoms with E-state index in [1.807, 2.05) is 0 Å². The van der Waals surface area contributed by atoms with E-state index < -0.39 is 0 Å². The molecule has 0 heterocycles. The fourth-order valence-electron chi connectivity index (χ4n) is 2.33. The largest absolute Gasteiger partial charge is 0.379 e. The maximum atomic E-state index is 6.21. The molecule has 0 amide bonds. The molecule has 0 N–H and O–H groups in total. The molecule has 0 aromatic heterocycles. The molecule has 0 aliphatic heterocycles. The van der Waals surface area contributed by atoms with Gasteiger partial charge >= 0.3 is 0 Å². The first-order valence-electron chi connectivity index (χ1n) is 7.85. The summed E-state index contributed by atoms with van der Waals surface area (Å²) in [4.78, 5) is 0.